The summed E-state index contributed by atoms with van der Waals surface area (Å²) in [5.74, 6) is 0. The van der Waals surface area contributed by atoms with Crippen molar-refractivity contribution in [3.05, 3.63) is 34.9 Å². The van der Waals surface area contributed by atoms with E-state index < -0.39 is 0 Å². The van der Waals surface area contributed by atoms with Crippen LogP contribution in [0.15, 0.2) is 18.2 Å². The summed E-state index contributed by atoms with van der Waals surface area (Å²) >= 11 is 0. The van der Waals surface area contributed by atoms with E-state index >= 15 is 0 Å². The normalized spacial score (nSPS) is 11.6. The number of unbranched alkanes of at least 4 members (excludes halogenated alkanes) is 12. The smallest absolute Gasteiger partial charge is 0.0698 e. The molecule has 0 amide bonds. The minimum atomic E-state index is 0.0373. The van der Waals surface area contributed by atoms with Crippen LogP contribution in [0.2, 0.25) is 0 Å². The van der Waals surface area contributed by atoms with Gasteiger partial charge in [0.1, 0.15) is 0 Å². The van der Waals surface area contributed by atoms with Crippen LogP contribution in [0, 0.1) is 0 Å². The second-order valence-corrected chi connectivity index (χ2v) is 9.91. The molecule has 0 aromatic heterocycles. The molecule has 5 nitrogen and oxygen atoms in total. The van der Waals surface area contributed by atoms with Gasteiger partial charge in [0, 0.05) is 26.2 Å². The van der Waals surface area contributed by atoms with Crippen LogP contribution < -0.4 is 0 Å². The van der Waals surface area contributed by atoms with E-state index in [0.717, 1.165) is 19.5 Å². The number of ether oxygens (including phenoxy) is 1. The van der Waals surface area contributed by atoms with Gasteiger partial charge < -0.3 is 20.1 Å². The van der Waals surface area contributed by atoms with E-state index in [1.165, 1.54) is 100 Å². The standard InChI is InChI=1S/C30H55NO4/c1-2-3-4-5-6-7-8-9-10-11-12-13-14-15-29-26-28(18-21-32)16-17-30(29)27-31(19-22-33)20-24-35-25-23-34/h16-17,26,32-34H,2-15,18-25,27H2,1H3. The van der Waals surface area contributed by atoms with Crippen LogP contribution in [-0.2, 0) is 24.1 Å². The average molecular weight is 494 g/mol. The van der Waals surface area contributed by atoms with E-state index in [9.17, 15) is 10.2 Å². The van der Waals surface area contributed by atoms with Crippen molar-refractivity contribution in [3.8, 4) is 0 Å². The monoisotopic (exact) mass is 493 g/mol. The zero-order valence-electron chi connectivity index (χ0n) is 22.7. The van der Waals surface area contributed by atoms with Crippen LogP contribution in [0.3, 0.4) is 0 Å². The lowest BCUT2D eigenvalue weighted by Crippen LogP contribution is -2.30. The van der Waals surface area contributed by atoms with Gasteiger partial charge in [0.25, 0.3) is 0 Å². The molecule has 204 valence electrons. The Balaban J connectivity index is 2.38. The van der Waals surface area contributed by atoms with Crippen molar-refractivity contribution in [2.45, 2.75) is 110 Å². The Labute approximate surface area is 215 Å². The highest BCUT2D eigenvalue weighted by Gasteiger charge is 2.10. The molecule has 0 saturated heterocycles. The molecule has 0 heterocycles. The van der Waals surface area contributed by atoms with Gasteiger partial charge in [-0.1, -0.05) is 102 Å². The van der Waals surface area contributed by atoms with E-state index in [4.69, 9.17) is 9.84 Å². The molecule has 1 rings (SSSR count). The van der Waals surface area contributed by atoms with Crippen molar-refractivity contribution in [3.63, 3.8) is 0 Å². The minimum Gasteiger partial charge on any atom is -0.396 e. The maximum atomic E-state index is 9.49. The van der Waals surface area contributed by atoms with Gasteiger partial charge in [-0.2, -0.15) is 0 Å². The molecule has 1 aromatic carbocycles. The second-order valence-electron chi connectivity index (χ2n) is 9.91. The first-order chi connectivity index (χ1) is 17.2. The molecule has 5 heteroatoms. The van der Waals surface area contributed by atoms with Gasteiger partial charge in [0.05, 0.1) is 26.4 Å². The minimum absolute atomic E-state index is 0.0373. The topological polar surface area (TPSA) is 73.2 Å². The summed E-state index contributed by atoms with van der Waals surface area (Å²) in [7, 11) is 0. The van der Waals surface area contributed by atoms with Crippen molar-refractivity contribution < 1.29 is 20.1 Å². The Hall–Kier alpha value is -0.980. The number of aryl methyl sites for hydroxylation is 1. The van der Waals surface area contributed by atoms with Gasteiger partial charge in [-0.3, -0.25) is 4.90 Å². The Morgan fingerprint density at radius 3 is 1.83 bits per heavy atom. The number of nitrogens with zero attached hydrogens (tertiary/aromatic N) is 1. The van der Waals surface area contributed by atoms with Crippen LogP contribution in [0.1, 0.15) is 107 Å². The Bertz CT molecular complexity index is 596. The maximum absolute atomic E-state index is 9.49. The highest BCUT2D eigenvalue weighted by atomic mass is 16.5. The molecule has 0 radical (unpaired) electrons. The molecule has 3 N–H and O–H groups in total. The van der Waals surface area contributed by atoms with Gasteiger partial charge in [-0.05, 0) is 36.0 Å². The molecule has 1 aromatic rings. The number of rotatable bonds is 25. The SMILES string of the molecule is CCCCCCCCCCCCCCCc1cc(CCO)ccc1CN(CCO)CCOCCO. The lowest BCUT2D eigenvalue weighted by Gasteiger charge is -2.23. The number of aliphatic hydroxyl groups excluding tert-OH is 3. The van der Waals surface area contributed by atoms with Crippen molar-refractivity contribution in [2.24, 2.45) is 0 Å². The third-order valence-electron chi connectivity index (χ3n) is 6.82. The van der Waals surface area contributed by atoms with Crippen LogP contribution in [-0.4, -0.2) is 66.3 Å². The fourth-order valence-corrected chi connectivity index (χ4v) is 4.70. The van der Waals surface area contributed by atoms with Crippen LogP contribution in [0.25, 0.3) is 0 Å². The molecule has 0 aliphatic heterocycles. The van der Waals surface area contributed by atoms with E-state index in [1.807, 2.05) is 0 Å². The Kier molecular flexibility index (Phi) is 21.4. The van der Waals surface area contributed by atoms with Crippen molar-refractivity contribution in [2.75, 3.05) is 46.1 Å². The summed E-state index contributed by atoms with van der Waals surface area (Å²) < 4.78 is 5.43. The molecule has 35 heavy (non-hydrogen) atoms. The predicted molar refractivity (Wildman–Crippen MR) is 147 cm³/mol. The quantitative estimate of drug-likeness (QED) is 0.153. The fourth-order valence-electron chi connectivity index (χ4n) is 4.70. The third-order valence-corrected chi connectivity index (χ3v) is 6.82. The highest BCUT2D eigenvalue weighted by molar-refractivity contribution is 5.32. The number of aliphatic hydroxyl groups is 3. The number of hydrogen-bond acceptors (Lipinski definition) is 5. The molecule has 0 aliphatic rings. The van der Waals surface area contributed by atoms with E-state index in [-0.39, 0.29) is 19.8 Å². The Morgan fingerprint density at radius 2 is 1.26 bits per heavy atom. The van der Waals surface area contributed by atoms with Gasteiger partial charge >= 0.3 is 0 Å². The molecular weight excluding hydrogens is 438 g/mol. The first-order valence-electron chi connectivity index (χ1n) is 14.5. The molecule has 0 aliphatic carbocycles. The van der Waals surface area contributed by atoms with Gasteiger partial charge in [0.2, 0.25) is 0 Å². The molecule has 0 atom stereocenters. The lowest BCUT2D eigenvalue weighted by atomic mass is 9.96. The molecular formula is C30H55NO4. The van der Waals surface area contributed by atoms with Gasteiger partial charge in [0.15, 0.2) is 0 Å². The largest absolute Gasteiger partial charge is 0.396 e. The van der Waals surface area contributed by atoms with Crippen molar-refractivity contribution in [1.82, 2.24) is 4.90 Å². The summed E-state index contributed by atoms with van der Waals surface area (Å²) in [4.78, 5) is 2.21. The van der Waals surface area contributed by atoms with Gasteiger partial charge in [-0.15, -0.1) is 0 Å². The summed E-state index contributed by atoms with van der Waals surface area (Å²) in [6.45, 7) is 5.65. The second kappa shape index (κ2) is 23.4. The van der Waals surface area contributed by atoms with Crippen LogP contribution >= 0.6 is 0 Å². The summed E-state index contributed by atoms with van der Waals surface area (Å²) in [5, 5.41) is 27.8. The molecule has 0 unspecified atom stereocenters. The molecule has 0 saturated carbocycles. The summed E-state index contributed by atoms with van der Waals surface area (Å²) in [6.07, 6.45) is 19.5. The highest BCUT2D eigenvalue weighted by Crippen LogP contribution is 2.19. The summed E-state index contributed by atoms with van der Waals surface area (Å²) in [5.41, 5.74) is 3.88. The van der Waals surface area contributed by atoms with Crippen LogP contribution in [0.4, 0.5) is 0 Å². The Morgan fingerprint density at radius 1 is 0.629 bits per heavy atom. The molecule has 0 spiro atoms. The third kappa shape index (κ3) is 17.2. The average Bonchev–Trinajstić information content (AvgIpc) is 2.86. The first kappa shape index (κ1) is 32.0. The van der Waals surface area contributed by atoms with E-state index in [0.29, 0.717) is 26.2 Å². The molecule has 0 bridgehead atoms. The molecule has 0 fully saturated rings. The zero-order valence-corrected chi connectivity index (χ0v) is 22.7. The van der Waals surface area contributed by atoms with Crippen molar-refractivity contribution in [1.29, 1.82) is 0 Å². The fraction of sp³-hybridized carbons (Fsp3) is 0.800. The van der Waals surface area contributed by atoms with E-state index in [2.05, 4.69) is 30.0 Å². The zero-order chi connectivity index (χ0) is 25.4. The predicted octanol–water partition coefficient (Wildman–Crippen LogP) is 5.66. The summed E-state index contributed by atoms with van der Waals surface area (Å²) in [6, 6.07) is 6.59. The van der Waals surface area contributed by atoms with Crippen molar-refractivity contribution >= 4 is 0 Å². The first-order valence-corrected chi connectivity index (χ1v) is 14.5. The number of benzene rings is 1. The lowest BCUT2D eigenvalue weighted by molar-refractivity contribution is 0.0675. The van der Waals surface area contributed by atoms with E-state index in [1.54, 1.807) is 0 Å². The number of hydrogen-bond donors (Lipinski definition) is 3. The van der Waals surface area contributed by atoms with Crippen LogP contribution in [0.5, 0.6) is 0 Å². The van der Waals surface area contributed by atoms with Gasteiger partial charge in [-0.25, -0.2) is 0 Å². The maximum Gasteiger partial charge on any atom is 0.0698 e.